The summed E-state index contributed by atoms with van der Waals surface area (Å²) in [6, 6.07) is 2.75. The lowest BCUT2D eigenvalue weighted by Gasteiger charge is -2.16. The Bertz CT molecular complexity index is 474. The lowest BCUT2D eigenvalue weighted by molar-refractivity contribution is -0.137. The summed E-state index contributed by atoms with van der Waals surface area (Å²) in [5.74, 6) is -2.31. The molecule has 0 atom stereocenters. The van der Waals surface area contributed by atoms with E-state index in [2.05, 4.69) is 5.32 Å². The first kappa shape index (κ1) is 15.9. The Labute approximate surface area is 115 Å². The van der Waals surface area contributed by atoms with E-state index in [1.54, 1.807) is 0 Å². The van der Waals surface area contributed by atoms with Crippen LogP contribution in [0.25, 0.3) is 0 Å². The van der Waals surface area contributed by atoms with Crippen molar-refractivity contribution in [3.05, 3.63) is 35.4 Å². The van der Waals surface area contributed by atoms with Crippen LogP contribution in [0.5, 0.6) is 0 Å². The van der Waals surface area contributed by atoms with E-state index in [0.717, 1.165) is 6.07 Å². The summed E-state index contributed by atoms with van der Waals surface area (Å²) in [5, 5.41) is 11.0. The highest BCUT2D eigenvalue weighted by Gasteiger charge is 2.09. The van der Waals surface area contributed by atoms with Crippen LogP contribution in [0.3, 0.4) is 0 Å². The molecule has 0 saturated carbocycles. The molecule has 5 nitrogen and oxygen atoms in total. The van der Waals surface area contributed by atoms with Gasteiger partial charge in [0.2, 0.25) is 0 Å². The number of amides is 2. The number of nitrogens with zero attached hydrogens (tertiary/aromatic N) is 1. The Morgan fingerprint density at radius 1 is 1.25 bits per heavy atom. The Morgan fingerprint density at radius 3 is 2.40 bits per heavy atom. The molecule has 0 aromatic heterocycles. The number of halogens is 2. The van der Waals surface area contributed by atoms with Crippen molar-refractivity contribution in [1.82, 2.24) is 10.2 Å². The fraction of sp³-hybridized carbons (Fsp3) is 0.385. The van der Waals surface area contributed by atoms with Crippen molar-refractivity contribution in [3.8, 4) is 0 Å². The quantitative estimate of drug-likeness (QED) is 0.835. The van der Waals surface area contributed by atoms with E-state index < -0.39 is 23.6 Å². The molecule has 1 aromatic rings. The molecule has 0 heterocycles. The predicted octanol–water partition coefficient (Wildman–Crippen LogP) is 1.62. The van der Waals surface area contributed by atoms with E-state index in [1.807, 2.05) is 0 Å². The largest absolute Gasteiger partial charge is 0.481 e. The van der Waals surface area contributed by atoms with Gasteiger partial charge in [0.1, 0.15) is 11.6 Å². The van der Waals surface area contributed by atoms with Crippen LogP contribution in [0.1, 0.15) is 12.0 Å². The number of benzene rings is 1. The van der Waals surface area contributed by atoms with E-state index >= 15 is 0 Å². The van der Waals surface area contributed by atoms with Gasteiger partial charge in [-0.3, -0.25) is 4.79 Å². The first-order chi connectivity index (χ1) is 9.38. The summed E-state index contributed by atoms with van der Waals surface area (Å²) in [7, 11) is 1.47. The van der Waals surface area contributed by atoms with Crippen LogP contribution in [-0.4, -0.2) is 42.1 Å². The van der Waals surface area contributed by atoms with E-state index in [9.17, 15) is 18.4 Å². The first-order valence-electron chi connectivity index (χ1n) is 6.04. The molecule has 0 saturated heterocycles. The highest BCUT2D eigenvalue weighted by molar-refractivity contribution is 5.74. The van der Waals surface area contributed by atoms with Gasteiger partial charge in [0, 0.05) is 26.2 Å². The molecule has 0 bridgehead atoms. The number of rotatable bonds is 6. The van der Waals surface area contributed by atoms with Crippen molar-refractivity contribution >= 4 is 12.0 Å². The average Bonchev–Trinajstić information content (AvgIpc) is 2.34. The zero-order valence-corrected chi connectivity index (χ0v) is 11.0. The molecule has 0 spiro atoms. The van der Waals surface area contributed by atoms with Gasteiger partial charge in [-0.25, -0.2) is 13.6 Å². The van der Waals surface area contributed by atoms with Gasteiger partial charge in [-0.05, 0) is 24.1 Å². The van der Waals surface area contributed by atoms with E-state index in [4.69, 9.17) is 5.11 Å². The minimum absolute atomic E-state index is 0.0930. The number of nitrogens with one attached hydrogen (secondary N) is 1. The number of hydrogen-bond donors (Lipinski definition) is 2. The number of carbonyl (C=O) groups excluding carboxylic acids is 1. The number of aliphatic carboxylic acids is 1. The van der Waals surface area contributed by atoms with Gasteiger partial charge in [-0.1, -0.05) is 0 Å². The lowest BCUT2D eigenvalue weighted by atomic mass is 10.1. The summed E-state index contributed by atoms with van der Waals surface area (Å²) in [4.78, 5) is 23.1. The molecule has 0 aliphatic carbocycles. The van der Waals surface area contributed by atoms with Gasteiger partial charge in [-0.2, -0.15) is 0 Å². The highest BCUT2D eigenvalue weighted by atomic mass is 19.1. The van der Waals surface area contributed by atoms with Crippen LogP contribution in [0.4, 0.5) is 13.6 Å². The summed E-state index contributed by atoms with van der Waals surface area (Å²) < 4.78 is 25.9. The highest BCUT2D eigenvalue weighted by Crippen LogP contribution is 2.08. The molecular formula is C13H16F2N2O3. The molecule has 110 valence electrons. The zero-order chi connectivity index (χ0) is 15.1. The van der Waals surface area contributed by atoms with E-state index in [-0.39, 0.29) is 25.9 Å². The van der Waals surface area contributed by atoms with Crippen LogP contribution < -0.4 is 5.32 Å². The smallest absolute Gasteiger partial charge is 0.317 e. The van der Waals surface area contributed by atoms with Gasteiger partial charge >= 0.3 is 12.0 Å². The third-order valence-electron chi connectivity index (χ3n) is 2.62. The maximum absolute atomic E-state index is 12.9. The molecule has 7 heteroatoms. The van der Waals surface area contributed by atoms with Gasteiger partial charge < -0.3 is 15.3 Å². The predicted molar refractivity (Wildman–Crippen MR) is 68.3 cm³/mol. The van der Waals surface area contributed by atoms with Crippen molar-refractivity contribution in [2.24, 2.45) is 0 Å². The van der Waals surface area contributed by atoms with Crippen LogP contribution in [-0.2, 0) is 11.2 Å². The third-order valence-corrected chi connectivity index (χ3v) is 2.62. The molecule has 1 rings (SSSR count). The van der Waals surface area contributed by atoms with Crippen molar-refractivity contribution in [2.75, 3.05) is 20.1 Å². The Hall–Kier alpha value is -2.18. The Kier molecular flexibility index (Phi) is 5.89. The first-order valence-corrected chi connectivity index (χ1v) is 6.04. The second-order valence-corrected chi connectivity index (χ2v) is 4.32. The topological polar surface area (TPSA) is 69.6 Å². The molecule has 0 aliphatic heterocycles. The number of carboxylic acids is 1. The molecule has 1 aromatic carbocycles. The molecule has 0 radical (unpaired) electrons. The van der Waals surface area contributed by atoms with Crippen molar-refractivity contribution in [3.63, 3.8) is 0 Å². The standard InChI is InChI=1S/C13H16F2N2O3/c1-17(5-3-12(18)19)13(20)16-4-2-9-6-10(14)8-11(15)7-9/h6-8H,2-5H2,1H3,(H,16,20)(H,18,19). The van der Waals surface area contributed by atoms with Crippen LogP contribution in [0.15, 0.2) is 18.2 Å². The average molecular weight is 286 g/mol. The summed E-state index contributed by atoms with van der Waals surface area (Å²) in [5.41, 5.74) is 0.441. The molecule has 0 aliphatic rings. The number of hydrogen-bond acceptors (Lipinski definition) is 2. The van der Waals surface area contributed by atoms with Gasteiger partial charge in [-0.15, -0.1) is 0 Å². The van der Waals surface area contributed by atoms with Gasteiger partial charge in [0.15, 0.2) is 0 Å². The number of carbonyl (C=O) groups is 2. The van der Waals surface area contributed by atoms with Crippen LogP contribution in [0.2, 0.25) is 0 Å². The molecule has 2 N–H and O–H groups in total. The van der Waals surface area contributed by atoms with Crippen molar-refractivity contribution < 1.29 is 23.5 Å². The maximum Gasteiger partial charge on any atom is 0.317 e. The van der Waals surface area contributed by atoms with Crippen LogP contribution >= 0.6 is 0 Å². The second kappa shape index (κ2) is 7.42. The monoisotopic (exact) mass is 286 g/mol. The number of carboxylic acid groups (broad SMARTS) is 1. The lowest BCUT2D eigenvalue weighted by Crippen LogP contribution is -2.39. The fourth-order valence-corrected chi connectivity index (χ4v) is 1.57. The normalized spacial score (nSPS) is 10.2. The maximum atomic E-state index is 12.9. The number of urea groups is 1. The van der Waals surface area contributed by atoms with Gasteiger partial charge in [0.05, 0.1) is 6.42 Å². The molecule has 2 amide bonds. The van der Waals surface area contributed by atoms with Gasteiger partial charge in [0.25, 0.3) is 0 Å². The zero-order valence-electron chi connectivity index (χ0n) is 11.0. The third kappa shape index (κ3) is 5.64. The summed E-state index contributed by atoms with van der Waals surface area (Å²) in [6.45, 7) is 0.300. The SMILES string of the molecule is CN(CCC(=O)O)C(=O)NCCc1cc(F)cc(F)c1. The molecule has 0 unspecified atom stereocenters. The molecule has 0 fully saturated rings. The molecule has 20 heavy (non-hydrogen) atoms. The minimum atomic E-state index is -0.986. The Balaban J connectivity index is 2.36. The molecular weight excluding hydrogens is 270 g/mol. The van der Waals surface area contributed by atoms with E-state index in [0.29, 0.717) is 5.56 Å². The van der Waals surface area contributed by atoms with E-state index in [1.165, 1.54) is 24.1 Å². The summed E-state index contributed by atoms with van der Waals surface area (Å²) >= 11 is 0. The van der Waals surface area contributed by atoms with Crippen molar-refractivity contribution in [1.29, 1.82) is 0 Å². The summed E-state index contributed by atoms with van der Waals surface area (Å²) in [6.07, 6.45) is 0.145. The fourth-order valence-electron chi connectivity index (χ4n) is 1.57. The second-order valence-electron chi connectivity index (χ2n) is 4.32. The minimum Gasteiger partial charge on any atom is -0.481 e. The van der Waals surface area contributed by atoms with Crippen molar-refractivity contribution in [2.45, 2.75) is 12.8 Å². The Morgan fingerprint density at radius 2 is 1.85 bits per heavy atom. The van der Waals surface area contributed by atoms with Crippen LogP contribution in [0, 0.1) is 11.6 Å².